The summed E-state index contributed by atoms with van der Waals surface area (Å²) in [6.07, 6.45) is 2.38. The zero-order valence-corrected chi connectivity index (χ0v) is 13.9. The van der Waals surface area contributed by atoms with Crippen molar-refractivity contribution >= 4 is 39.1 Å². The van der Waals surface area contributed by atoms with Gasteiger partial charge in [0.15, 0.2) is 0 Å². The Bertz CT molecular complexity index is 654. The fourth-order valence-electron chi connectivity index (χ4n) is 2.47. The first-order valence-corrected chi connectivity index (χ1v) is 7.88. The van der Waals surface area contributed by atoms with Crippen LogP contribution >= 0.6 is 15.9 Å². The van der Waals surface area contributed by atoms with Crippen molar-refractivity contribution in [2.75, 3.05) is 18.4 Å². The molecule has 1 aliphatic heterocycles. The number of hydrogen-bond donors (Lipinski definition) is 1. The molecular weight excluding hydrogens is 366 g/mol. The third-order valence-electron chi connectivity index (χ3n) is 3.76. The molecular formula is C15H16BrN3O4. The van der Waals surface area contributed by atoms with Gasteiger partial charge in [-0.05, 0) is 47.0 Å². The van der Waals surface area contributed by atoms with Crippen molar-refractivity contribution in [3.05, 3.63) is 45.4 Å². The fraction of sp³-hybridized carbons (Fsp3) is 0.333. The second kappa shape index (κ2) is 7.36. The Morgan fingerprint density at radius 1 is 1.39 bits per heavy atom. The number of anilines is 1. The number of nitrogens with one attached hydrogen (secondary N) is 1. The maximum absolute atomic E-state index is 12.3. The van der Waals surface area contributed by atoms with Gasteiger partial charge in [-0.2, -0.15) is 0 Å². The summed E-state index contributed by atoms with van der Waals surface area (Å²) in [5, 5.41) is 13.6. The smallest absolute Gasteiger partial charge is 0.285 e. The fourth-order valence-corrected chi connectivity index (χ4v) is 2.86. The Morgan fingerprint density at radius 3 is 2.61 bits per heavy atom. The molecule has 0 aliphatic carbocycles. The summed E-state index contributed by atoms with van der Waals surface area (Å²) in [4.78, 5) is 35.8. The second-order valence-electron chi connectivity index (χ2n) is 5.22. The Labute approximate surface area is 141 Å². The van der Waals surface area contributed by atoms with Crippen LogP contribution in [0.2, 0.25) is 0 Å². The Balaban J connectivity index is 1.98. The summed E-state index contributed by atoms with van der Waals surface area (Å²) >= 11 is 3.10. The SMILES string of the molecule is C=CC(=O)N1CCC(C(=O)Nc2ccc(Br)c([N+](=O)[O-])c2)CC1. The molecule has 0 saturated carbocycles. The lowest BCUT2D eigenvalue weighted by atomic mass is 9.95. The molecule has 2 rings (SSSR count). The number of benzene rings is 1. The van der Waals surface area contributed by atoms with E-state index in [2.05, 4.69) is 27.8 Å². The number of nitro benzene ring substituents is 1. The van der Waals surface area contributed by atoms with Crippen LogP contribution in [0.1, 0.15) is 12.8 Å². The minimum atomic E-state index is -0.515. The molecule has 0 aromatic heterocycles. The third-order valence-corrected chi connectivity index (χ3v) is 4.43. The molecule has 1 N–H and O–H groups in total. The summed E-state index contributed by atoms with van der Waals surface area (Å²) < 4.78 is 0.358. The molecule has 0 unspecified atom stereocenters. The number of piperidine rings is 1. The zero-order valence-electron chi connectivity index (χ0n) is 12.3. The van der Waals surface area contributed by atoms with Gasteiger partial charge in [0.2, 0.25) is 11.8 Å². The number of halogens is 1. The Hall–Kier alpha value is -2.22. The van der Waals surface area contributed by atoms with Crippen LogP contribution in [0.25, 0.3) is 0 Å². The van der Waals surface area contributed by atoms with E-state index in [1.54, 1.807) is 11.0 Å². The van der Waals surface area contributed by atoms with Gasteiger partial charge in [-0.25, -0.2) is 0 Å². The maximum atomic E-state index is 12.3. The van der Waals surface area contributed by atoms with Gasteiger partial charge in [0.25, 0.3) is 5.69 Å². The Morgan fingerprint density at radius 2 is 2.04 bits per heavy atom. The molecule has 1 aromatic carbocycles. The molecule has 1 aromatic rings. The number of carbonyl (C=O) groups is 2. The molecule has 0 bridgehead atoms. The highest BCUT2D eigenvalue weighted by molar-refractivity contribution is 9.10. The van der Waals surface area contributed by atoms with E-state index in [0.29, 0.717) is 36.1 Å². The van der Waals surface area contributed by atoms with E-state index in [9.17, 15) is 19.7 Å². The molecule has 2 amide bonds. The lowest BCUT2D eigenvalue weighted by Gasteiger charge is -2.30. The van der Waals surface area contributed by atoms with E-state index in [0.717, 1.165) is 0 Å². The van der Waals surface area contributed by atoms with E-state index in [-0.39, 0.29) is 23.4 Å². The highest BCUT2D eigenvalue weighted by Crippen LogP contribution is 2.28. The standard InChI is InChI=1S/C15H16BrN3O4/c1-2-14(20)18-7-5-10(6-8-18)15(21)17-11-3-4-12(16)13(9-11)19(22)23/h2-4,9-10H,1,5-8H2,(H,17,21). The molecule has 0 spiro atoms. The van der Waals surface area contributed by atoms with E-state index in [1.807, 2.05) is 0 Å². The van der Waals surface area contributed by atoms with Gasteiger partial charge < -0.3 is 10.2 Å². The molecule has 1 heterocycles. The molecule has 7 nitrogen and oxygen atoms in total. The van der Waals surface area contributed by atoms with Crippen LogP contribution < -0.4 is 5.32 Å². The van der Waals surface area contributed by atoms with Crippen LogP contribution in [0.5, 0.6) is 0 Å². The van der Waals surface area contributed by atoms with Crippen LogP contribution in [-0.2, 0) is 9.59 Å². The van der Waals surface area contributed by atoms with Crippen molar-refractivity contribution in [1.29, 1.82) is 0 Å². The largest absolute Gasteiger partial charge is 0.339 e. The summed E-state index contributed by atoms with van der Waals surface area (Å²) in [6.45, 7) is 4.45. The predicted molar refractivity (Wildman–Crippen MR) is 88.9 cm³/mol. The van der Waals surface area contributed by atoms with Crippen molar-refractivity contribution in [2.45, 2.75) is 12.8 Å². The second-order valence-corrected chi connectivity index (χ2v) is 6.07. The monoisotopic (exact) mass is 381 g/mol. The molecule has 1 fully saturated rings. The van der Waals surface area contributed by atoms with Gasteiger partial charge in [-0.1, -0.05) is 6.58 Å². The normalized spacial score (nSPS) is 15.1. The average Bonchev–Trinajstić information content (AvgIpc) is 2.55. The molecule has 23 heavy (non-hydrogen) atoms. The summed E-state index contributed by atoms with van der Waals surface area (Å²) in [7, 11) is 0. The van der Waals surface area contributed by atoms with E-state index >= 15 is 0 Å². The maximum Gasteiger partial charge on any atom is 0.285 e. The van der Waals surface area contributed by atoms with E-state index in [1.165, 1.54) is 18.2 Å². The van der Waals surface area contributed by atoms with Gasteiger partial charge in [0.1, 0.15) is 0 Å². The minimum absolute atomic E-state index is 0.103. The van der Waals surface area contributed by atoms with E-state index in [4.69, 9.17) is 0 Å². The summed E-state index contributed by atoms with van der Waals surface area (Å²) in [6, 6.07) is 4.45. The van der Waals surface area contributed by atoms with Crippen molar-refractivity contribution < 1.29 is 14.5 Å². The molecule has 1 saturated heterocycles. The van der Waals surface area contributed by atoms with Crippen molar-refractivity contribution in [3.63, 3.8) is 0 Å². The first kappa shape index (κ1) is 17.1. The number of rotatable bonds is 4. The minimum Gasteiger partial charge on any atom is -0.339 e. The van der Waals surface area contributed by atoms with Crippen LogP contribution in [0.4, 0.5) is 11.4 Å². The van der Waals surface area contributed by atoms with Crippen molar-refractivity contribution in [1.82, 2.24) is 4.90 Å². The van der Waals surface area contributed by atoms with Crippen LogP contribution in [0.15, 0.2) is 35.3 Å². The van der Waals surface area contributed by atoms with Crippen molar-refractivity contribution in [2.24, 2.45) is 5.92 Å². The molecule has 1 aliphatic rings. The lowest BCUT2D eigenvalue weighted by molar-refractivity contribution is -0.385. The number of likely N-dealkylation sites (tertiary alicyclic amines) is 1. The van der Waals surface area contributed by atoms with E-state index < -0.39 is 4.92 Å². The molecule has 122 valence electrons. The van der Waals surface area contributed by atoms with Crippen LogP contribution in [0.3, 0.4) is 0 Å². The van der Waals surface area contributed by atoms with Crippen LogP contribution in [-0.4, -0.2) is 34.7 Å². The Kier molecular flexibility index (Phi) is 5.49. The first-order valence-electron chi connectivity index (χ1n) is 7.08. The molecule has 8 heteroatoms. The molecule has 0 radical (unpaired) electrons. The number of hydrogen-bond acceptors (Lipinski definition) is 4. The van der Waals surface area contributed by atoms with Gasteiger partial charge in [-0.3, -0.25) is 19.7 Å². The summed E-state index contributed by atoms with van der Waals surface area (Å²) in [5.41, 5.74) is 0.281. The zero-order chi connectivity index (χ0) is 17.0. The number of nitro groups is 1. The number of nitrogens with zero attached hydrogens (tertiary/aromatic N) is 2. The van der Waals surface area contributed by atoms with Crippen molar-refractivity contribution in [3.8, 4) is 0 Å². The van der Waals surface area contributed by atoms with Gasteiger partial charge in [0, 0.05) is 30.8 Å². The highest BCUT2D eigenvalue weighted by atomic mass is 79.9. The quantitative estimate of drug-likeness (QED) is 0.492. The van der Waals surface area contributed by atoms with Crippen LogP contribution in [0, 0.1) is 16.0 Å². The first-order chi connectivity index (χ1) is 10.9. The average molecular weight is 382 g/mol. The van der Waals surface area contributed by atoms with Gasteiger partial charge >= 0.3 is 0 Å². The topological polar surface area (TPSA) is 92.6 Å². The third kappa shape index (κ3) is 4.16. The molecule has 0 atom stereocenters. The predicted octanol–water partition coefficient (Wildman–Crippen LogP) is 2.72. The van der Waals surface area contributed by atoms with Gasteiger partial charge in [0.05, 0.1) is 9.40 Å². The lowest BCUT2D eigenvalue weighted by Crippen LogP contribution is -2.40. The number of amides is 2. The highest BCUT2D eigenvalue weighted by Gasteiger charge is 2.26. The summed E-state index contributed by atoms with van der Waals surface area (Å²) in [5.74, 6) is -0.536. The van der Waals surface area contributed by atoms with Gasteiger partial charge in [-0.15, -0.1) is 0 Å². The number of carbonyl (C=O) groups excluding carboxylic acids is 2.